The Balaban J connectivity index is 1.06. The van der Waals surface area contributed by atoms with Crippen LogP contribution in [0.4, 0.5) is 5.69 Å². The number of hydrogen-bond acceptors (Lipinski definition) is 6. The number of carbonyl (C=O) groups excluding carboxylic acids is 2. The zero-order valence-electron chi connectivity index (χ0n) is 23.1. The van der Waals surface area contributed by atoms with E-state index in [2.05, 4.69) is 39.9 Å². The van der Waals surface area contributed by atoms with Gasteiger partial charge in [0.05, 0.1) is 25.6 Å². The second-order valence-electron chi connectivity index (χ2n) is 10.8. The lowest BCUT2D eigenvalue weighted by molar-refractivity contribution is -0.142. The summed E-state index contributed by atoms with van der Waals surface area (Å²) in [6.07, 6.45) is 3.05. The molecule has 0 bridgehead atoms. The molecule has 2 amide bonds. The van der Waals surface area contributed by atoms with Crippen LogP contribution in [0.5, 0.6) is 5.75 Å². The SMILES string of the molecule is O=C(C[C@@H]1C[C@H]2c3cc(NC(=O)Cc4ccncc4)ccc3O[C@H]2[C@@H](CO)O1)NCc1ccc(-c2ccccc2)cc1. The van der Waals surface area contributed by atoms with E-state index < -0.39 is 6.10 Å². The van der Waals surface area contributed by atoms with Gasteiger partial charge in [-0.1, -0.05) is 54.6 Å². The van der Waals surface area contributed by atoms with Crippen LogP contribution in [-0.2, 0) is 27.3 Å². The molecule has 8 nitrogen and oxygen atoms in total. The molecular formula is C34H33N3O5. The maximum atomic E-state index is 12.9. The number of amides is 2. The van der Waals surface area contributed by atoms with Crippen LogP contribution in [-0.4, -0.2) is 46.8 Å². The molecule has 6 rings (SSSR count). The van der Waals surface area contributed by atoms with Crippen molar-refractivity contribution in [1.29, 1.82) is 0 Å². The van der Waals surface area contributed by atoms with Crippen molar-refractivity contribution in [2.75, 3.05) is 11.9 Å². The van der Waals surface area contributed by atoms with Gasteiger partial charge in [0.15, 0.2) is 0 Å². The van der Waals surface area contributed by atoms with Crippen molar-refractivity contribution in [2.24, 2.45) is 0 Å². The number of nitrogens with one attached hydrogen (secondary N) is 2. The number of pyridine rings is 1. The van der Waals surface area contributed by atoms with Gasteiger partial charge in [0.25, 0.3) is 0 Å². The van der Waals surface area contributed by atoms with Crippen LogP contribution in [0.1, 0.15) is 35.4 Å². The molecular weight excluding hydrogens is 530 g/mol. The second-order valence-corrected chi connectivity index (χ2v) is 10.8. The van der Waals surface area contributed by atoms with Gasteiger partial charge in [-0.05, 0) is 59.0 Å². The molecule has 42 heavy (non-hydrogen) atoms. The third kappa shape index (κ3) is 6.35. The quantitative estimate of drug-likeness (QED) is 0.274. The molecule has 4 atom stereocenters. The molecule has 2 aliphatic heterocycles. The first-order valence-electron chi connectivity index (χ1n) is 14.2. The molecule has 0 saturated carbocycles. The minimum atomic E-state index is -0.552. The van der Waals surface area contributed by atoms with Crippen molar-refractivity contribution >= 4 is 17.5 Å². The predicted molar refractivity (Wildman–Crippen MR) is 159 cm³/mol. The van der Waals surface area contributed by atoms with Crippen molar-refractivity contribution in [2.45, 2.75) is 50.0 Å². The highest BCUT2D eigenvalue weighted by Crippen LogP contribution is 2.47. The lowest BCUT2D eigenvalue weighted by Crippen LogP contribution is -2.47. The molecule has 4 aromatic rings. The summed E-state index contributed by atoms with van der Waals surface area (Å²) in [5.74, 6) is 0.411. The highest BCUT2D eigenvalue weighted by atomic mass is 16.6. The van der Waals surface area contributed by atoms with Crippen LogP contribution in [0.15, 0.2) is 97.3 Å². The Morgan fingerprint density at radius 1 is 0.881 bits per heavy atom. The zero-order chi connectivity index (χ0) is 28.9. The summed E-state index contributed by atoms with van der Waals surface area (Å²) in [6.45, 7) is 0.209. The van der Waals surface area contributed by atoms with Crippen LogP contribution >= 0.6 is 0 Å². The number of anilines is 1. The van der Waals surface area contributed by atoms with Crippen LogP contribution in [0.2, 0.25) is 0 Å². The summed E-state index contributed by atoms with van der Waals surface area (Å²) >= 11 is 0. The molecule has 1 saturated heterocycles. The lowest BCUT2D eigenvalue weighted by Gasteiger charge is -2.37. The molecule has 1 fully saturated rings. The molecule has 1 aromatic heterocycles. The number of nitrogens with zero attached hydrogens (tertiary/aromatic N) is 1. The first-order valence-corrected chi connectivity index (χ1v) is 14.2. The van der Waals surface area contributed by atoms with E-state index in [-0.39, 0.29) is 49.4 Å². The third-order valence-electron chi connectivity index (χ3n) is 7.86. The molecule has 3 N–H and O–H groups in total. The fourth-order valence-electron chi connectivity index (χ4n) is 5.78. The molecule has 2 aliphatic rings. The van der Waals surface area contributed by atoms with Gasteiger partial charge in [-0.25, -0.2) is 0 Å². The van der Waals surface area contributed by atoms with Gasteiger partial charge in [-0.15, -0.1) is 0 Å². The topological polar surface area (TPSA) is 110 Å². The van der Waals surface area contributed by atoms with E-state index in [0.29, 0.717) is 24.4 Å². The standard InChI is InChI=1S/C34H33N3O5/c38-21-31-34-29(28-17-26(10-11-30(28)42-34)37-33(40)16-22-12-14-35-15-13-22)18-27(41-31)19-32(39)36-20-23-6-8-25(9-7-23)24-4-2-1-3-5-24/h1-15,17,27,29,31,34,38H,16,18-21H2,(H,36,39)(H,37,40)/t27-,29-,31+,34+/m0/s1. The second kappa shape index (κ2) is 12.5. The van der Waals surface area contributed by atoms with E-state index in [4.69, 9.17) is 9.47 Å². The summed E-state index contributed by atoms with van der Waals surface area (Å²) < 4.78 is 12.3. The van der Waals surface area contributed by atoms with Gasteiger partial charge in [0, 0.05) is 36.1 Å². The molecule has 214 valence electrons. The Hall–Kier alpha value is -4.53. The molecule has 0 aliphatic carbocycles. The highest BCUT2D eigenvalue weighted by Gasteiger charge is 2.46. The number of hydrogen-bond donors (Lipinski definition) is 3. The number of ether oxygens (including phenoxy) is 2. The average Bonchev–Trinajstić information content (AvgIpc) is 3.38. The molecule has 0 spiro atoms. The predicted octanol–water partition coefficient (Wildman–Crippen LogP) is 4.63. The minimum absolute atomic E-state index is 0.0636. The Bertz CT molecular complexity index is 1530. The Morgan fingerprint density at radius 2 is 1.64 bits per heavy atom. The third-order valence-corrected chi connectivity index (χ3v) is 7.86. The van der Waals surface area contributed by atoms with Crippen LogP contribution in [0.25, 0.3) is 11.1 Å². The summed E-state index contributed by atoms with van der Waals surface area (Å²) in [6, 6.07) is 27.5. The number of aliphatic hydroxyl groups excluding tert-OH is 1. The van der Waals surface area contributed by atoms with Gasteiger partial charge >= 0.3 is 0 Å². The number of carbonyl (C=O) groups is 2. The number of rotatable bonds is 9. The van der Waals surface area contributed by atoms with E-state index in [0.717, 1.165) is 27.8 Å². The number of benzene rings is 3. The van der Waals surface area contributed by atoms with Crippen molar-refractivity contribution in [3.63, 3.8) is 0 Å². The normalized spacial score (nSPS) is 20.6. The maximum Gasteiger partial charge on any atom is 0.228 e. The van der Waals surface area contributed by atoms with Gasteiger partial charge in [-0.3, -0.25) is 14.6 Å². The highest BCUT2D eigenvalue weighted by molar-refractivity contribution is 5.92. The summed E-state index contributed by atoms with van der Waals surface area (Å²) in [5.41, 5.74) is 5.80. The molecule has 0 unspecified atom stereocenters. The van der Waals surface area contributed by atoms with E-state index >= 15 is 0 Å². The van der Waals surface area contributed by atoms with Crippen molar-refractivity contribution in [3.8, 4) is 16.9 Å². The summed E-state index contributed by atoms with van der Waals surface area (Å²) in [4.78, 5) is 29.5. The first kappa shape index (κ1) is 27.6. The van der Waals surface area contributed by atoms with Crippen molar-refractivity contribution in [3.05, 3.63) is 114 Å². The molecule has 3 aromatic carbocycles. The summed E-state index contributed by atoms with van der Waals surface area (Å²) in [7, 11) is 0. The maximum absolute atomic E-state index is 12.9. The van der Waals surface area contributed by atoms with Gasteiger partial charge in [-0.2, -0.15) is 0 Å². The van der Waals surface area contributed by atoms with E-state index in [1.165, 1.54) is 0 Å². The number of aliphatic hydroxyl groups is 1. The summed E-state index contributed by atoms with van der Waals surface area (Å²) in [5, 5.41) is 16.0. The van der Waals surface area contributed by atoms with Crippen molar-refractivity contribution in [1.82, 2.24) is 10.3 Å². The molecule has 8 heteroatoms. The Kier molecular flexibility index (Phi) is 8.26. The Labute approximate surface area is 244 Å². The van der Waals surface area contributed by atoms with Gasteiger partial charge in [0.2, 0.25) is 11.8 Å². The fourth-order valence-corrected chi connectivity index (χ4v) is 5.78. The lowest BCUT2D eigenvalue weighted by atomic mass is 9.84. The van der Waals surface area contributed by atoms with Gasteiger partial charge in [0.1, 0.15) is 18.0 Å². The fraction of sp³-hybridized carbons (Fsp3) is 0.265. The monoisotopic (exact) mass is 563 g/mol. The minimum Gasteiger partial charge on any atom is -0.487 e. The smallest absolute Gasteiger partial charge is 0.228 e. The van der Waals surface area contributed by atoms with Crippen molar-refractivity contribution < 1.29 is 24.2 Å². The zero-order valence-corrected chi connectivity index (χ0v) is 23.1. The van der Waals surface area contributed by atoms with Crippen LogP contribution < -0.4 is 15.4 Å². The van der Waals surface area contributed by atoms with Crippen LogP contribution in [0.3, 0.4) is 0 Å². The van der Waals surface area contributed by atoms with Crippen LogP contribution in [0, 0.1) is 0 Å². The molecule has 3 heterocycles. The molecule has 0 radical (unpaired) electrons. The average molecular weight is 564 g/mol. The number of aromatic nitrogens is 1. The first-order chi connectivity index (χ1) is 20.6. The largest absolute Gasteiger partial charge is 0.487 e. The van der Waals surface area contributed by atoms with Gasteiger partial charge < -0.3 is 25.2 Å². The number of fused-ring (bicyclic) bond motifs is 3. The van der Waals surface area contributed by atoms with E-state index in [9.17, 15) is 14.7 Å². The Morgan fingerprint density at radius 3 is 2.40 bits per heavy atom. The van der Waals surface area contributed by atoms with E-state index in [1.54, 1.807) is 12.4 Å². The van der Waals surface area contributed by atoms with E-state index in [1.807, 2.05) is 60.7 Å².